The molecule has 0 amide bonds. The number of aryl methyl sites for hydroxylation is 2. The largest absolute Gasteiger partial charge is 0.281 e. The van der Waals surface area contributed by atoms with Crippen molar-refractivity contribution >= 4 is 16.8 Å². The van der Waals surface area contributed by atoms with Crippen molar-refractivity contribution in [1.82, 2.24) is 0 Å². The second-order valence-corrected chi connectivity index (χ2v) is 8.92. The van der Waals surface area contributed by atoms with Crippen LogP contribution in [0.3, 0.4) is 0 Å². The van der Waals surface area contributed by atoms with E-state index < -0.39 is 0 Å². The van der Waals surface area contributed by atoms with Crippen molar-refractivity contribution in [2.24, 2.45) is 11.3 Å². The van der Waals surface area contributed by atoms with Crippen LogP contribution in [-0.4, -0.2) is 5.24 Å². The minimum Gasteiger partial charge on any atom is -0.281 e. The van der Waals surface area contributed by atoms with Gasteiger partial charge in [-0.15, -0.1) is 0 Å². The minimum absolute atomic E-state index is 0.0887. The lowest BCUT2D eigenvalue weighted by atomic mass is 9.50. The monoisotopic (exact) mass is 332 g/mol. The molecule has 1 aromatic carbocycles. The van der Waals surface area contributed by atoms with E-state index in [9.17, 15) is 4.79 Å². The van der Waals surface area contributed by atoms with Gasteiger partial charge in [0.25, 0.3) is 0 Å². The summed E-state index contributed by atoms with van der Waals surface area (Å²) in [4.78, 5) is 12.2. The second kappa shape index (κ2) is 5.62. The van der Waals surface area contributed by atoms with Crippen LogP contribution in [0.2, 0.25) is 0 Å². The first-order valence-electron chi connectivity index (χ1n) is 9.04. The molecule has 0 heterocycles. The molecule has 0 aromatic heterocycles. The van der Waals surface area contributed by atoms with Crippen LogP contribution >= 0.6 is 11.6 Å². The van der Waals surface area contributed by atoms with Gasteiger partial charge in [-0.3, -0.25) is 4.79 Å². The highest BCUT2D eigenvalue weighted by molar-refractivity contribution is 6.64. The van der Waals surface area contributed by atoms with E-state index in [1.165, 1.54) is 28.7 Å². The summed E-state index contributed by atoms with van der Waals surface area (Å²) in [7, 11) is 0. The van der Waals surface area contributed by atoms with Gasteiger partial charge in [-0.2, -0.15) is 0 Å². The van der Waals surface area contributed by atoms with Crippen LogP contribution in [0.25, 0.3) is 0 Å². The van der Waals surface area contributed by atoms with Crippen LogP contribution in [0, 0.1) is 18.3 Å². The molecule has 0 radical (unpaired) electrons. The van der Waals surface area contributed by atoms with Crippen molar-refractivity contribution in [3.8, 4) is 0 Å². The van der Waals surface area contributed by atoms with Gasteiger partial charge in [-0.1, -0.05) is 46.2 Å². The fraction of sp³-hybridized carbons (Fsp3) is 0.667. The van der Waals surface area contributed by atoms with Crippen molar-refractivity contribution in [2.45, 2.75) is 78.1 Å². The molecule has 0 N–H and O–H groups in total. The number of rotatable bonds is 2. The maximum absolute atomic E-state index is 12.2. The fourth-order valence-electron chi connectivity index (χ4n) is 5.50. The van der Waals surface area contributed by atoms with Gasteiger partial charge in [0.1, 0.15) is 0 Å². The van der Waals surface area contributed by atoms with E-state index in [2.05, 4.69) is 46.8 Å². The van der Waals surface area contributed by atoms with Gasteiger partial charge in [0.05, 0.1) is 0 Å². The van der Waals surface area contributed by atoms with E-state index in [0.717, 1.165) is 25.7 Å². The third-order valence-corrected chi connectivity index (χ3v) is 7.24. The van der Waals surface area contributed by atoms with Crippen molar-refractivity contribution in [2.75, 3.05) is 0 Å². The summed E-state index contributed by atoms with van der Waals surface area (Å²) < 4.78 is 0. The predicted octanol–water partition coefficient (Wildman–Crippen LogP) is 5.89. The zero-order valence-corrected chi connectivity index (χ0v) is 15.9. The van der Waals surface area contributed by atoms with Crippen molar-refractivity contribution in [1.29, 1.82) is 0 Å². The van der Waals surface area contributed by atoms with E-state index in [1.807, 2.05) is 0 Å². The molecule has 1 fully saturated rings. The number of fused-ring (bicyclic) bond motifs is 3. The fourth-order valence-corrected chi connectivity index (χ4v) is 5.73. The molecule has 3 atom stereocenters. The van der Waals surface area contributed by atoms with E-state index >= 15 is 0 Å². The van der Waals surface area contributed by atoms with Gasteiger partial charge >= 0.3 is 0 Å². The molecule has 0 spiro atoms. The Labute approximate surface area is 145 Å². The molecule has 1 saturated carbocycles. The molecule has 2 aliphatic carbocycles. The van der Waals surface area contributed by atoms with Crippen LogP contribution in [0.5, 0.6) is 0 Å². The second-order valence-electron chi connectivity index (χ2n) is 8.57. The first kappa shape index (κ1) is 17.0. The lowest BCUT2D eigenvalue weighted by Crippen LogP contribution is -2.51. The zero-order chi connectivity index (χ0) is 17.0. The topological polar surface area (TPSA) is 17.1 Å². The van der Waals surface area contributed by atoms with Crippen LogP contribution in [-0.2, 0) is 16.6 Å². The van der Waals surface area contributed by atoms with Gasteiger partial charge in [0.2, 0.25) is 5.24 Å². The number of halogens is 1. The van der Waals surface area contributed by atoms with Crippen LogP contribution in [0.15, 0.2) is 12.1 Å². The average Bonchev–Trinajstić information content (AvgIpc) is 2.46. The SMILES string of the molecule is Cc1cc2c(cc1C(C)C)CCC1C2(C)CCC[C@]1(C)C(=O)Cl. The van der Waals surface area contributed by atoms with Crippen molar-refractivity contribution in [3.05, 3.63) is 34.4 Å². The molecule has 0 saturated heterocycles. The number of hydrogen-bond acceptors (Lipinski definition) is 1. The highest BCUT2D eigenvalue weighted by Gasteiger charge is 2.54. The minimum atomic E-state index is -0.364. The summed E-state index contributed by atoms with van der Waals surface area (Å²) in [5.74, 6) is 0.928. The third kappa shape index (κ3) is 2.47. The van der Waals surface area contributed by atoms with Gasteiger partial charge in [-0.05, 0) is 83.7 Å². The standard InChI is InChI=1S/C21H29ClO/c1-13(2)16-12-15-7-8-18-20(4,17(15)11-14(16)3)9-6-10-21(18,5)19(22)23/h11-13,18H,6-10H2,1-5H3/t18?,20?,21-/m0/s1. The first-order chi connectivity index (χ1) is 10.7. The van der Waals surface area contributed by atoms with Crippen molar-refractivity contribution in [3.63, 3.8) is 0 Å². The molecular formula is C21H29ClO. The molecule has 3 rings (SSSR count). The molecule has 0 bridgehead atoms. The highest BCUT2D eigenvalue weighted by Crippen LogP contribution is 2.58. The molecule has 23 heavy (non-hydrogen) atoms. The summed E-state index contributed by atoms with van der Waals surface area (Å²) in [6, 6.07) is 4.85. The Morgan fingerprint density at radius 3 is 2.57 bits per heavy atom. The highest BCUT2D eigenvalue weighted by atomic mass is 35.5. The predicted molar refractivity (Wildman–Crippen MR) is 97.2 cm³/mol. The van der Waals surface area contributed by atoms with Gasteiger partial charge in [-0.25, -0.2) is 0 Å². The van der Waals surface area contributed by atoms with Crippen LogP contribution < -0.4 is 0 Å². The molecule has 126 valence electrons. The third-order valence-electron chi connectivity index (χ3n) is 6.81. The molecule has 2 unspecified atom stereocenters. The van der Waals surface area contributed by atoms with Crippen LogP contribution in [0.1, 0.15) is 81.5 Å². The number of carbonyl (C=O) groups excluding carboxylic acids is 1. The molecule has 1 nitrogen and oxygen atoms in total. The Kier molecular flexibility index (Phi) is 4.16. The van der Waals surface area contributed by atoms with Gasteiger partial charge in [0.15, 0.2) is 0 Å². The van der Waals surface area contributed by atoms with E-state index in [4.69, 9.17) is 11.6 Å². The summed E-state index contributed by atoms with van der Waals surface area (Å²) in [6.07, 6.45) is 5.36. The van der Waals surface area contributed by atoms with Gasteiger partial charge in [0, 0.05) is 5.41 Å². The Morgan fingerprint density at radius 1 is 1.26 bits per heavy atom. The molecule has 1 aromatic rings. The number of carbonyl (C=O) groups is 1. The summed E-state index contributed by atoms with van der Waals surface area (Å²) in [5, 5.41) is -0.132. The van der Waals surface area contributed by atoms with E-state index in [0.29, 0.717) is 11.8 Å². The maximum atomic E-state index is 12.2. The Balaban J connectivity index is 2.13. The molecule has 2 heteroatoms. The van der Waals surface area contributed by atoms with E-state index in [-0.39, 0.29) is 16.1 Å². The molecular weight excluding hydrogens is 304 g/mol. The lowest BCUT2D eigenvalue weighted by Gasteiger charge is -2.54. The summed E-state index contributed by atoms with van der Waals surface area (Å²) in [6.45, 7) is 11.3. The van der Waals surface area contributed by atoms with Gasteiger partial charge < -0.3 is 0 Å². The Hall–Kier alpha value is -0.820. The summed E-state index contributed by atoms with van der Waals surface area (Å²) >= 11 is 6.07. The average molecular weight is 333 g/mol. The first-order valence-corrected chi connectivity index (χ1v) is 9.42. The Bertz CT molecular complexity index is 647. The van der Waals surface area contributed by atoms with Crippen molar-refractivity contribution < 1.29 is 4.79 Å². The Morgan fingerprint density at radius 2 is 1.96 bits per heavy atom. The molecule has 2 aliphatic rings. The maximum Gasteiger partial charge on any atom is 0.227 e. The molecule has 0 aliphatic heterocycles. The normalized spacial score (nSPS) is 33.3. The van der Waals surface area contributed by atoms with E-state index in [1.54, 1.807) is 0 Å². The smallest absolute Gasteiger partial charge is 0.227 e. The lowest BCUT2D eigenvalue weighted by molar-refractivity contribution is -0.127. The number of hydrogen-bond donors (Lipinski definition) is 0. The van der Waals surface area contributed by atoms with Crippen LogP contribution in [0.4, 0.5) is 0 Å². The summed E-state index contributed by atoms with van der Waals surface area (Å²) in [5.41, 5.74) is 5.58. The quantitative estimate of drug-likeness (QED) is 0.617. The zero-order valence-electron chi connectivity index (χ0n) is 15.1. The number of benzene rings is 1.